The van der Waals surface area contributed by atoms with Crippen LogP contribution in [0.3, 0.4) is 0 Å². The highest BCUT2D eigenvalue weighted by Gasteiger charge is 2.12. The summed E-state index contributed by atoms with van der Waals surface area (Å²) in [5.41, 5.74) is 2.71. The molecule has 3 aromatic rings. The van der Waals surface area contributed by atoms with E-state index < -0.39 is 11.8 Å². The van der Waals surface area contributed by atoms with Crippen LogP contribution in [0.4, 0.5) is 4.39 Å². The third-order valence-corrected chi connectivity index (χ3v) is 4.48. The number of benzene rings is 2. The van der Waals surface area contributed by atoms with Crippen LogP contribution in [0.15, 0.2) is 53.1 Å². The summed E-state index contributed by atoms with van der Waals surface area (Å²) in [5.74, 6) is 0.794. The Morgan fingerprint density at radius 3 is 2.63 bits per heavy atom. The predicted octanol–water partition coefficient (Wildman–Crippen LogP) is 4.77. The number of methoxy groups -OCH3 is 1. The molecule has 0 aliphatic heterocycles. The smallest absolute Gasteiger partial charge is 0.331 e. The molecule has 30 heavy (non-hydrogen) atoms. The summed E-state index contributed by atoms with van der Waals surface area (Å²) in [7, 11) is 1.54. The van der Waals surface area contributed by atoms with Crippen LogP contribution < -0.4 is 9.47 Å². The van der Waals surface area contributed by atoms with E-state index in [9.17, 15) is 9.18 Å². The van der Waals surface area contributed by atoms with E-state index in [0.29, 0.717) is 29.4 Å². The van der Waals surface area contributed by atoms with E-state index in [1.807, 2.05) is 13.8 Å². The minimum Gasteiger partial charge on any atom is -0.493 e. The Hall–Kier alpha value is -3.61. The zero-order valence-corrected chi connectivity index (χ0v) is 17.0. The van der Waals surface area contributed by atoms with Crippen LogP contribution in [0.1, 0.15) is 28.1 Å². The average Bonchev–Trinajstić information content (AvgIpc) is 3.07. The second-order valence-electron chi connectivity index (χ2n) is 6.53. The topological polar surface area (TPSA) is 70.8 Å². The lowest BCUT2D eigenvalue weighted by Crippen LogP contribution is -2.02. The van der Waals surface area contributed by atoms with Crippen molar-refractivity contribution < 1.29 is 27.9 Å². The van der Waals surface area contributed by atoms with Gasteiger partial charge in [-0.25, -0.2) is 9.18 Å². The summed E-state index contributed by atoms with van der Waals surface area (Å²) in [6.45, 7) is 3.85. The molecule has 0 fully saturated rings. The molecule has 0 aliphatic rings. The summed E-state index contributed by atoms with van der Waals surface area (Å²) >= 11 is 0. The zero-order chi connectivity index (χ0) is 21.5. The van der Waals surface area contributed by atoms with Crippen LogP contribution in [0.5, 0.6) is 11.5 Å². The Morgan fingerprint density at radius 1 is 1.13 bits per heavy atom. The van der Waals surface area contributed by atoms with Gasteiger partial charge in [0.25, 0.3) is 0 Å². The molecule has 0 N–H and O–H groups in total. The number of aryl methyl sites for hydroxylation is 2. The van der Waals surface area contributed by atoms with E-state index in [4.69, 9.17) is 18.7 Å². The van der Waals surface area contributed by atoms with Crippen molar-refractivity contribution in [1.29, 1.82) is 0 Å². The summed E-state index contributed by atoms with van der Waals surface area (Å²) in [6.07, 6.45) is 2.87. The Morgan fingerprint density at radius 2 is 1.93 bits per heavy atom. The maximum absolute atomic E-state index is 13.6. The third kappa shape index (κ3) is 5.26. The first-order chi connectivity index (χ1) is 14.5. The fourth-order valence-electron chi connectivity index (χ4n) is 2.74. The minimum atomic E-state index is -0.573. The van der Waals surface area contributed by atoms with Crippen molar-refractivity contribution in [2.24, 2.45) is 0 Å². The zero-order valence-electron chi connectivity index (χ0n) is 17.0. The van der Waals surface area contributed by atoms with E-state index in [1.165, 1.54) is 19.3 Å². The lowest BCUT2D eigenvalue weighted by atomic mass is 10.2. The molecule has 0 amide bonds. The van der Waals surface area contributed by atoms with Gasteiger partial charge in [-0.3, -0.25) is 0 Å². The standard InChI is InChI=1S/C23H22FNO5/c1-15-19(16(2)30-25-15)14-28-21-10-8-17(12-22(21)27-3)9-11-23(26)29-13-18-6-4-5-7-20(18)24/h4-12H,13-14H2,1-3H3/b11-9+. The molecule has 6 nitrogen and oxygen atoms in total. The van der Waals surface area contributed by atoms with Gasteiger partial charge >= 0.3 is 5.97 Å². The number of carbonyl (C=O) groups excluding carboxylic acids is 1. The first kappa shape index (κ1) is 21.1. The maximum Gasteiger partial charge on any atom is 0.331 e. The van der Waals surface area contributed by atoms with E-state index in [2.05, 4.69) is 5.16 Å². The second-order valence-corrected chi connectivity index (χ2v) is 6.53. The van der Waals surface area contributed by atoms with E-state index >= 15 is 0 Å². The second kappa shape index (κ2) is 9.73. The van der Waals surface area contributed by atoms with Crippen LogP contribution in [0, 0.1) is 19.7 Å². The number of esters is 1. The molecule has 0 saturated heterocycles. The number of aromatic nitrogens is 1. The molecule has 0 atom stereocenters. The first-order valence-electron chi connectivity index (χ1n) is 9.28. The van der Waals surface area contributed by atoms with Crippen molar-refractivity contribution in [3.05, 3.63) is 82.5 Å². The van der Waals surface area contributed by atoms with Crippen LogP contribution in [0.2, 0.25) is 0 Å². The van der Waals surface area contributed by atoms with Crippen LogP contribution in [-0.2, 0) is 22.7 Å². The van der Waals surface area contributed by atoms with Crippen LogP contribution in [-0.4, -0.2) is 18.2 Å². The number of hydrogen-bond donors (Lipinski definition) is 0. The average molecular weight is 411 g/mol. The molecule has 7 heteroatoms. The first-order valence-corrected chi connectivity index (χ1v) is 9.28. The summed E-state index contributed by atoms with van der Waals surface area (Å²) in [6, 6.07) is 11.4. The Kier molecular flexibility index (Phi) is 6.85. The lowest BCUT2D eigenvalue weighted by Gasteiger charge is -2.11. The Bertz CT molecular complexity index is 1040. The van der Waals surface area contributed by atoms with Gasteiger partial charge in [-0.1, -0.05) is 29.4 Å². The van der Waals surface area contributed by atoms with Gasteiger partial charge in [-0.15, -0.1) is 0 Å². The SMILES string of the molecule is COc1cc(/C=C/C(=O)OCc2ccccc2F)ccc1OCc1c(C)noc1C. The number of halogens is 1. The van der Waals surface area contributed by atoms with Crippen LogP contribution in [0.25, 0.3) is 6.08 Å². The molecule has 0 radical (unpaired) electrons. The quantitative estimate of drug-likeness (QED) is 0.393. The van der Waals surface area contributed by atoms with Gasteiger partial charge in [0, 0.05) is 11.6 Å². The van der Waals surface area contributed by atoms with Crippen molar-refractivity contribution in [2.75, 3.05) is 7.11 Å². The molecule has 0 aliphatic carbocycles. The molecule has 156 valence electrons. The Labute approximate surface area is 173 Å². The van der Waals surface area contributed by atoms with Gasteiger partial charge in [0.05, 0.1) is 18.4 Å². The number of carbonyl (C=O) groups is 1. The molecular weight excluding hydrogens is 389 g/mol. The third-order valence-electron chi connectivity index (χ3n) is 4.48. The molecular formula is C23H22FNO5. The molecule has 0 spiro atoms. The number of hydrogen-bond acceptors (Lipinski definition) is 6. The van der Waals surface area contributed by atoms with Crippen molar-refractivity contribution >= 4 is 12.0 Å². The number of ether oxygens (including phenoxy) is 3. The highest BCUT2D eigenvalue weighted by molar-refractivity contribution is 5.87. The van der Waals surface area contributed by atoms with E-state index in [1.54, 1.807) is 42.5 Å². The largest absolute Gasteiger partial charge is 0.493 e. The van der Waals surface area contributed by atoms with Gasteiger partial charge in [0.15, 0.2) is 11.5 Å². The minimum absolute atomic E-state index is 0.131. The van der Waals surface area contributed by atoms with Crippen LogP contribution >= 0.6 is 0 Å². The lowest BCUT2D eigenvalue weighted by molar-refractivity contribution is -0.138. The fraction of sp³-hybridized carbons (Fsp3) is 0.217. The number of nitrogens with zero attached hydrogens (tertiary/aromatic N) is 1. The highest BCUT2D eigenvalue weighted by Crippen LogP contribution is 2.30. The molecule has 2 aromatic carbocycles. The van der Waals surface area contributed by atoms with Gasteiger partial charge in [0.2, 0.25) is 0 Å². The summed E-state index contributed by atoms with van der Waals surface area (Å²) in [5, 5.41) is 3.91. The monoisotopic (exact) mass is 411 g/mol. The highest BCUT2D eigenvalue weighted by atomic mass is 19.1. The van der Waals surface area contributed by atoms with Crippen molar-refractivity contribution in [2.45, 2.75) is 27.1 Å². The molecule has 0 bridgehead atoms. The fourth-order valence-corrected chi connectivity index (χ4v) is 2.74. The van der Waals surface area contributed by atoms with Crippen molar-refractivity contribution in [3.63, 3.8) is 0 Å². The van der Waals surface area contributed by atoms with Crippen molar-refractivity contribution in [1.82, 2.24) is 5.16 Å². The summed E-state index contributed by atoms with van der Waals surface area (Å²) < 4.78 is 35.0. The molecule has 0 saturated carbocycles. The van der Waals surface area contributed by atoms with Gasteiger partial charge in [-0.2, -0.15) is 0 Å². The Balaban J connectivity index is 1.61. The summed E-state index contributed by atoms with van der Waals surface area (Å²) in [4.78, 5) is 11.9. The molecule has 3 rings (SSSR count). The van der Waals surface area contributed by atoms with Gasteiger partial charge < -0.3 is 18.7 Å². The predicted molar refractivity (Wildman–Crippen MR) is 109 cm³/mol. The van der Waals surface area contributed by atoms with Crippen molar-refractivity contribution in [3.8, 4) is 11.5 Å². The van der Waals surface area contributed by atoms with E-state index in [0.717, 1.165) is 16.8 Å². The molecule has 0 unspecified atom stereocenters. The van der Waals surface area contributed by atoms with E-state index in [-0.39, 0.29) is 6.61 Å². The van der Waals surface area contributed by atoms with Gasteiger partial charge in [-0.05, 0) is 43.7 Å². The molecule has 1 aromatic heterocycles. The maximum atomic E-state index is 13.6. The molecule has 1 heterocycles. The number of rotatable bonds is 8. The van der Waals surface area contributed by atoms with Gasteiger partial charge in [0.1, 0.15) is 24.8 Å². The normalized spacial score (nSPS) is 10.9.